The molecule has 0 atom stereocenters. The lowest BCUT2D eigenvalue weighted by Gasteiger charge is -2.15. The lowest BCUT2D eigenvalue weighted by Crippen LogP contribution is -2.30. The molecule has 120 valence electrons. The van der Waals surface area contributed by atoms with Crippen LogP contribution in [0.5, 0.6) is 0 Å². The molecule has 7 nitrogen and oxygen atoms in total. The second-order valence-electron chi connectivity index (χ2n) is 5.44. The number of aromatic amines is 2. The molecule has 3 aromatic heterocycles. The Morgan fingerprint density at radius 2 is 2.13 bits per heavy atom. The van der Waals surface area contributed by atoms with Crippen LogP contribution >= 0.6 is 0 Å². The molecule has 3 heterocycles. The van der Waals surface area contributed by atoms with E-state index in [1.165, 1.54) is 6.33 Å². The van der Waals surface area contributed by atoms with E-state index < -0.39 is 0 Å². The number of aryl methyl sites for hydroxylation is 1. The van der Waals surface area contributed by atoms with Gasteiger partial charge in [0.05, 0.1) is 12.3 Å². The number of carbonyl (C=O) groups excluding carboxylic acids is 1. The monoisotopic (exact) mass is 313 g/mol. The molecule has 0 aromatic carbocycles. The number of rotatable bonds is 5. The second-order valence-corrected chi connectivity index (χ2v) is 5.44. The minimum Gasteiger partial charge on any atom is -0.383 e. The zero-order valence-electron chi connectivity index (χ0n) is 13.4. The van der Waals surface area contributed by atoms with Crippen LogP contribution in [0.15, 0.2) is 24.8 Å². The van der Waals surface area contributed by atoms with Crippen LogP contribution in [0.2, 0.25) is 0 Å². The summed E-state index contributed by atoms with van der Waals surface area (Å²) < 4.78 is 5.00. The first-order chi connectivity index (χ1) is 11.1. The van der Waals surface area contributed by atoms with Gasteiger partial charge in [0.2, 0.25) is 0 Å². The highest BCUT2D eigenvalue weighted by Gasteiger charge is 2.16. The zero-order valence-corrected chi connectivity index (χ0v) is 13.4. The molecule has 3 aromatic rings. The quantitative estimate of drug-likeness (QED) is 0.754. The maximum Gasteiger partial charge on any atom is 0.270 e. The molecule has 3 rings (SSSR count). The van der Waals surface area contributed by atoms with E-state index in [0.717, 1.165) is 27.9 Å². The average molecular weight is 313 g/mol. The molecule has 0 radical (unpaired) electrons. The van der Waals surface area contributed by atoms with Crippen LogP contribution in [-0.2, 0) is 4.74 Å². The predicted octanol–water partition coefficient (Wildman–Crippen LogP) is 1.98. The number of nitrogens with zero attached hydrogens (tertiary/aromatic N) is 3. The Bertz CT molecular complexity index is 836. The number of hydrogen-bond donors (Lipinski definition) is 2. The molecular formula is C16H19N5O2. The number of hydrogen-bond acceptors (Lipinski definition) is 4. The number of fused-ring (bicyclic) bond motifs is 1. The van der Waals surface area contributed by atoms with E-state index in [1.54, 1.807) is 25.3 Å². The molecular weight excluding hydrogens is 294 g/mol. The van der Waals surface area contributed by atoms with E-state index in [2.05, 4.69) is 19.9 Å². The van der Waals surface area contributed by atoms with Crippen LogP contribution in [-0.4, -0.2) is 58.1 Å². The minimum atomic E-state index is -0.0793. The van der Waals surface area contributed by atoms with Crippen LogP contribution in [0.3, 0.4) is 0 Å². The van der Waals surface area contributed by atoms with Crippen LogP contribution in [0.4, 0.5) is 0 Å². The Hall–Kier alpha value is -2.67. The molecule has 1 amide bonds. The Morgan fingerprint density at radius 1 is 1.30 bits per heavy atom. The third-order valence-electron chi connectivity index (χ3n) is 3.83. The fourth-order valence-corrected chi connectivity index (χ4v) is 2.53. The van der Waals surface area contributed by atoms with Crippen molar-refractivity contribution in [3.8, 4) is 11.3 Å². The average Bonchev–Trinajstić information content (AvgIpc) is 3.19. The highest BCUT2D eigenvalue weighted by molar-refractivity contribution is 5.97. The highest BCUT2D eigenvalue weighted by atomic mass is 16.5. The van der Waals surface area contributed by atoms with E-state index in [9.17, 15) is 4.79 Å². The molecule has 0 fully saturated rings. The SMILES string of the molecule is COCCN(C)C(=O)c1cc(-c2ncnc3[nH]cc(C)c23)c[nH]1. The first-order valence-electron chi connectivity index (χ1n) is 7.33. The number of carbonyl (C=O) groups is 1. The Morgan fingerprint density at radius 3 is 2.91 bits per heavy atom. The van der Waals surface area contributed by atoms with Crippen molar-refractivity contribution >= 4 is 16.9 Å². The van der Waals surface area contributed by atoms with Gasteiger partial charge in [-0.15, -0.1) is 0 Å². The molecule has 7 heteroatoms. The molecule has 0 aliphatic carbocycles. The fourth-order valence-electron chi connectivity index (χ4n) is 2.53. The van der Waals surface area contributed by atoms with Crippen molar-refractivity contribution in [3.05, 3.63) is 36.0 Å². The molecule has 0 bridgehead atoms. The summed E-state index contributed by atoms with van der Waals surface area (Å²) in [6, 6.07) is 1.82. The van der Waals surface area contributed by atoms with Gasteiger partial charge in [-0.1, -0.05) is 0 Å². The third-order valence-corrected chi connectivity index (χ3v) is 3.83. The topological polar surface area (TPSA) is 86.9 Å². The van der Waals surface area contributed by atoms with Crippen molar-refractivity contribution in [1.29, 1.82) is 0 Å². The maximum atomic E-state index is 12.4. The molecule has 2 N–H and O–H groups in total. The third kappa shape index (κ3) is 2.83. The van der Waals surface area contributed by atoms with Gasteiger partial charge in [0.25, 0.3) is 5.91 Å². The molecule has 0 saturated heterocycles. The fraction of sp³-hybridized carbons (Fsp3) is 0.312. The van der Waals surface area contributed by atoms with Crippen LogP contribution < -0.4 is 0 Å². The molecule has 0 spiro atoms. The normalized spacial score (nSPS) is 11.1. The summed E-state index contributed by atoms with van der Waals surface area (Å²) in [5.41, 5.74) is 4.06. The van der Waals surface area contributed by atoms with Crippen molar-refractivity contribution < 1.29 is 9.53 Å². The van der Waals surface area contributed by atoms with Gasteiger partial charge < -0.3 is 19.6 Å². The molecule has 0 aliphatic heterocycles. The molecule has 0 aliphatic rings. The van der Waals surface area contributed by atoms with Gasteiger partial charge >= 0.3 is 0 Å². The molecule has 23 heavy (non-hydrogen) atoms. The number of aromatic nitrogens is 4. The van der Waals surface area contributed by atoms with E-state index in [0.29, 0.717) is 18.8 Å². The number of nitrogens with one attached hydrogen (secondary N) is 2. The van der Waals surface area contributed by atoms with Gasteiger partial charge in [0, 0.05) is 44.0 Å². The summed E-state index contributed by atoms with van der Waals surface area (Å²) in [6.07, 6.45) is 5.22. The van der Waals surface area contributed by atoms with Crippen LogP contribution in [0, 0.1) is 6.92 Å². The molecule has 0 saturated carbocycles. The van der Waals surface area contributed by atoms with Crippen molar-refractivity contribution in [3.63, 3.8) is 0 Å². The zero-order chi connectivity index (χ0) is 16.4. The van der Waals surface area contributed by atoms with Crippen molar-refractivity contribution in [1.82, 2.24) is 24.8 Å². The van der Waals surface area contributed by atoms with Crippen molar-refractivity contribution in [2.75, 3.05) is 27.3 Å². The molecule has 0 unspecified atom stereocenters. The lowest BCUT2D eigenvalue weighted by atomic mass is 10.1. The van der Waals surface area contributed by atoms with E-state index in [-0.39, 0.29) is 5.91 Å². The number of ether oxygens (including phenoxy) is 1. The minimum absolute atomic E-state index is 0.0793. The van der Waals surface area contributed by atoms with Gasteiger partial charge in [-0.3, -0.25) is 4.79 Å². The number of amides is 1. The highest BCUT2D eigenvalue weighted by Crippen LogP contribution is 2.28. The smallest absolute Gasteiger partial charge is 0.270 e. The predicted molar refractivity (Wildman–Crippen MR) is 87.2 cm³/mol. The second kappa shape index (κ2) is 6.21. The summed E-state index contributed by atoms with van der Waals surface area (Å²) >= 11 is 0. The van der Waals surface area contributed by atoms with Crippen molar-refractivity contribution in [2.45, 2.75) is 6.92 Å². The summed E-state index contributed by atoms with van der Waals surface area (Å²) in [6.45, 7) is 3.05. The van der Waals surface area contributed by atoms with Gasteiger partial charge in [-0.05, 0) is 18.6 Å². The van der Waals surface area contributed by atoms with E-state index >= 15 is 0 Å². The Kier molecular flexibility index (Phi) is 4.12. The van der Waals surface area contributed by atoms with Gasteiger partial charge in [0.15, 0.2) is 0 Å². The van der Waals surface area contributed by atoms with Gasteiger partial charge in [0.1, 0.15) is 17.7 Å². The van der Waals surface area contributed by atoms with Gasteiger partial charge in [-0.25, -0.2) is 9.97 Å². The summed E-state index contributed by atoms with van der Waals surface area (Å²) in [4.78, 5) is 28.8. The number of methoxy groups -OCH3 is 1. The van der Waals surface area contributed by atoms with Gasteiger partial charge in [-0.2, -0.15) is 0 Å². The summed E-state index contributed by atoms with van der Waals surface area (Å²) in [5, 5.41) is 0.971. The Balaban J connectivity index is 1.92. The van der Waals surface area contributed by atoms with E-state index in [4.69, 9.17) is 4.74 Å². The number of likely N-dealkylation sites (N-methyl/N-ethyl adjacent to an activating group) is 1. The maximum absolute atomic E-state index is 12.4. The summed E-state index contributed by atoms with van der Waals surface area (Å²) in [7, 11) is 3.37. The summed E-state index contributed by atoms with van der Waals surface area (Å²) in [5.74, 6) is -0.0793. The Labute approximate surface area is 133 Å². The van der Waals surface area contributed by atoms with Crippen LogP contribution in [0.25, 0.3) is 22.3 Å². The standard InChI is InChI=1S/C16H19N5O2/c1-10-7-18-15-13(10)14(19-9-20-15)11-6-12(17-8-11)16(22)21(2)4-5-23-3/h6-9,17H,4-5H2,1-3H3,(H,18,19,20). The first-order valence-corrected chi connectivity index (χ1v) is 7.33. The van der Waals surface area contributed by atoms with Crippen LogP contribution in [0.1, 0.15) is 16.1 Å². The first kappa shape index (κ1) is 15.2. The lowest BCUT2D eigenvalue weighted by molar-refractivity contribution is 0.0739. The van der Waals surface area contributed by atoms with E-state index in [1.807, 2.05) is 19.2 Å². The largest absolute Gasteiger partial charge is 0.383 e. The van der Waals surface area contributed by atoms with Crippen molar-refractivity contribution in [2.24, 2.45) is 0 Å². The number of H-pyrrole nitrogens is 2.